The Morgan fingerprint density at radius 2 is 2.00 bits per heavy atom. The van der Waals surface area contributed by atoms with E-state index in [2.05, 4.69) is 55.5 Å². The number of benzene rings is 1. The molecular weight excluding hydrogens is 283 g/mol. The van der Waals surface area contributed by atoms with Crippen LogP contribution >= 0.6 is 0 Å². The van der Waals surface area contributed by atoms with Crippen LogP contribution in [0.1, 0.15) is 13.3 Å². The van der Waals surface area contributed by atoms with Crippen LogP contribution in [0.2, 0.25) is 0 Å². The Morgan fingerprint density at radius 3 is 2.71 bits per heavy atom. The molecule has 0 N–H and O–H groups in total. The third kappa shape index (κ3) is 2.71. The van der Waals surface area contributed by atoms with Crippen molar-refractivity contribution < 1.29 is 21.2 Å². The van der Waals surface area contributed by atoms with Crippen LogP contribution in [0, 0.1) is 9.49 Å². The molecule has 0 amide bonds. The maximum absolute atomic E-state index is 2.31. The fraction of sp³-hybridized carbons (Fsp3) is 0.231. The van der Waals surface area contributed by atoms with Gasteiger partial charge in [0.2, 0.25) is 0 Å². The summed E-state index contributed by atoms with van der Waals surface area (Å²) in [5.74, 6) is 0.735. The summed E-state index contributed by atoms with van der Waals surface area (Å²) in [6.45, 7) is 2.29. The quantitative estimate of drug-likeness (QED) is 0.694. The standard InChI is InChI=1S/C13H14I/c1-11-6-5-9-13(10-11)14-12-7-3-2-4-8-12/h2-9,11H,10H2,1H3/q-1. The van der Waals surface area contributed by atoms with E-state index < -0.39 is 0 Å². The zero-order valence-corrected chi connectivity index (χ0v) is 10.4. The van der Waals surface area contributed by atoms with Gasteiger partial charge in [-0.05, 0) is 0 Å². The summed E-state index contributed by atoms with van der Waals surface area (Å²) >= 11 is 0.0883. The van der Waals surface area contributed by atoms with Crippen molar-refractivity contribution in [3.8, 4) is 0 Å². The maximum atomic E-state index is 2.31. The Bertz CT molecular complexity index is 349. The Labute approximate surface area is 96.0 Å². The molecule has 0 nitrogen and oxygen atoms in total. The summed E-state index contributed by atoms with van der Waals surface area (Å²) in [4.78, 5) is 0. The zero-order valence-electron chi connectivity index (χ0n) is 8.28. The second-order valence-corrected chi connectivity index (χ2v) is 6.74. The van der Waals surface area contributed by atoms with Gasteiger partial charge in [-0.3, -0.25) is 0 Å². The van der Waals surface area contributed by atoms with Gasteiger partial charge in [-0.2, -0.15) is 0 Å². The van der Waals surface area contributed by atoms with Crippen LogP contribution in [0.5, 0.6) is 0 Å². The van der Waals surface area contributed by atoms with E-state index >= 15 is 0 Å². The number of allylic oxidation sites excluding steroid dienone is 4. The van der Waals surface area contributed by atoms with Gasteiger partial charge in [-0.25, -0.2) is 0 Å². The number of rotatable bonds is 2. The molecule has 1 unspecified atom stereocenters. The summed E-state index contributed by atoms with van der Waals surface area (Å²) in [7, 11) is 0. The normalized spacial score (nSPS) is 20.9. The molecule has 14 heavy (non-hydrogen) atoms. The fourth-order valence-corrected chi connectivity index (χ4v) is 4.36. The minimum absolute atomic E-state index is 0.0883. The van der Waals surface area contributed by atoms with Crippen LogP contribution < -0.4 is 21.2 Å². The molecule has 0 heterocycles. The summed E-state index contributed by atoms with van der Waals surface area (Å²) in [6, 6.07) is 10.9. The van der Waals surface area contributed by atoms with E-state index in [0.717, 1.165) is 5.92 Å². The van der Waals surface area contributed by atoms with Crippen molar-refractivity contribution in [2.45, 2.75) is 13.3 Å². The van der Waals surface area contributed by atoms with Crippen LogP contribution in [0.15, 0.2) is 52.1 Å². The van der Waals surface area contributed by atoms with Gasteiger partial charge < -0.3 is 0 Å². The number of hydrogen-bond acceptors (Lipinski definition) is 0. The predicted octanol–water partition coefficient (Wildman–Crippen LogP) is 0.425. The molecule has 1 atom stereocenters. The predicted molar refractivity (Wildman–Crippen MR) is 56.1 cm³/mol. The topological polar surface area (TPSA) is 0 Å². The third-order valence-electron chi connectivity index (χ3n) is 2.20. The van der Waals surface area contributed by atoms with Gasteiger partial charge in [0.05, 0.1) is 0 Å². The number of hydrogen-bond donors (Lipinski definition) is 0. The molecule has 0 saturated carbocycles. The van der Waals surface area contributed by atoms with Crippen molar-refractivity contribution >= 4 is 0 Å². The molecule has 1 aliphatic rings. The van der Waals surface area contributed by atoms with Crippen molar-refractivity contribution in [1.29, 1.82) is 0 Å². The molecular formula is C13H14I-. The molecule has 2 rings (SSSR count). The zero-order chi connectivity index (χ0) is 9.80. The van der Waals surface area contributed by atoms with Crippen molar-refractivity contribution in [2.75, 3.05) is 0 Å². The first-order valence-corrected chi connectivity index (χ1v) is 7.07. The van der Waals surface area contributed by atoms with Crippen LogP contribution in [0.4, 0.5) is 0 Å². The van der Waals surface area contributed by atoms with Gasteiger partial charge >= 0.3 is 96.2 Å². The van der Waals surface area contributed by atoms with E-state index in [4.69, 9.17) is 0 Å². The molecule has 0 aliphatic heterocycles. The SMILES string of the molecule is CC1C=CC=C([I-]c2ccccc2)C1. The van der Waals surface area contributed by atoms with Crippen LogP contribution in [-0.2, 0) is 0 Å². The van der Waals surface area contributed by atoms with E-state index in [1.807, 2.05) is 0 Å². The molecule has 74 valence electrons. The molecule has 0 radical (unpaired) electrons. The van der Waals surface area contributed by atoms with E-state index in [-0.39, 0.29) is 21.2 Å². The van der Waals surface area contributed by atoms with Crippen molar-refractivity contribution in [3.63, 3.8) is 0 Å². The van der Waals surface area contributed by atoms with Gasteiger partial charge in [0.1, 0.15) is 0 Å². The Morgan fingerprint density at radius 1 is 1.21 bits per heavy atom. The van der Waals surface area contributed by atoms with Crippen LogP contribution in [-0.4, -0.2) is 0 Å². The van der Waals surface area contributed by atoms with E-state index in [9.17, 15) is 0 Å². The second kappa shape index (κ2) is 4.78. The average Bonchev–Trinajstić information content (AvgIpc) is 2.19. The summed E-state index contributed by atoms with van der Waals surface area (Å²) in [5.41, 5.74) is 0. The van der Waals surface area contributed by atoms with E-state index in [1.54, 1.807) is 3.58 Å². The third-order valence-corrected chi connectivity index (χ3v) is 5.03. The first-order valence-electron chi connectivity index (χ1n) is 4.92. The summed E-state index contributed by atoms with van der Waals surface area (Å²) < 4.78 is 3.19. The van der Waals surface area contributed by atoms with Crippen molar-refractivity contribution in [1.82, 2.24) is 0 Å². The van der Waals surface area contributed by atoms with E-state index in [1.165, 1.54) is 9.99 Å². The van der Waals surface area contributed by atoms with Crippen LogP contribution in [0.25, 0.3) is 0 Å². The van der Waals surface area contributed by atoms with Gasteiger partial charge in [-0.1, -0.05) is 0 Å². The van der Waals surface area contributed by atoms with E-state index in [0.29, 0.717) is 0 Å². The second-order valence-electron chi connectivity index (χ2n) is 3.57. The molecule has 0 aromatic heterocycles. The molecule has 1 heteroatoms. The molecule has 1 aromatic rings. The van der Waals surface area contributed by atoms with Crippen molar-refractivity contribution in [2.24, 2.45) is 5.92 Å². The molecule has 0 fully saturated rings. The monoisotopic (exact) mass is 297 g/mol. The van der Waals surface area contributed by atoms with Gasteiger partial charge in [0.25, 0.3) is 0 Å². The van der Waals surface area contributed by atoms with Gasteiger partial charge in [0.15, 0.2) is 0 Å². The Kier molecular flexibility index (Phi) is 3.40. The average molecular weight is 297 g/mol. The fourth-order valence-electron chi connectivity index (χ4n) is 1.48. The molecule has 1 aliphatic carbocycles. The number of halogens is 1. The summed E-state index contributed by atoms with van der Waals surface area (Å²) in [6.07, 6.45) is 8.07. The molecule has 0 bridgehead atoms. The summed E-state index contributed by atoms with van der Waals surface area (Å²) in [5, 5.41) is 0. The van der Waals surface area contributed by atoms with Crippen molar-refractivity contribution in [3.05, 3.63) is 55.7 Å². The van der Waals surface area contributed by atoms with Gasteiger partial charge in [0, 0.05) is 0 Å². The van der Waals surface area contributed by atoms with Crippen LogP contribution in [0.3, 0.4) is 0 Å². The first-order chi connectivity index (χ1) is 6.84. The molecule has 0 spiro atoms. The molecule has 0 saturated heterocycles. The van der Waals surface area contributed by atoms with Gasteiger partial charge in [-0.15, -0.1) is 0 Å². The Hall–Kier alpha value is -0.570. The Balaban J connectivity index is 2.05. The molecule has 1 aromatic carbocycles. The minimum atomic E-state index is 0.0883. The first kappa shape index (κ1) is 9.97.